The highest BCUT2D eigenvalue weighted by molar-refractivity contribution is 7.80. The highest BCUT2D eigenvalue weighted by Crippen LogP contribution is 2.30. The Morgan fingerprint density at radius 3 is 2.54 bits per heavy atom. The molecule has 0 bridgehead atoms. The fourth-order valence-electron chi connectivity index (χ4n) is 3.24. The molecule has 0 aliphatic carbocycles. The molecule has 0 amide bonds. The number of ether oxygens (including phenoxy) is 1. The second kappa shape index (κ2) is 10.0. The Labute approximate surface area is 208 Å². The van der Waals surface area contributed by atoms with Crippen molar-refractivity contribution < 1.29 is 9.84 Å². The number of nitrogens with one attached hydrogen (secondary N) is 3. The Kier molecular flexibility index (Phi) is 6.90. The second-order valence-corrected chi connectivity index (χ2v) is 8.97. The van der Waals surface area contributed by atoms with Crippen LogP contribution in [0.5, 0.6) is 11.6 Å². The molecule has 0 aliphatic rings. The van der Waals surface area contributed by atoms with Gasteiger partial charge in [0.25, 0.3) is 0 Å². The van der Waals surface area contributed by atoms with Crippen molar-refractivity contribution in [2.75, 3.05) is 23.0 Å². The monoisotopic (exact) mass is 490 g/mol. The summed E-state index contributed by atoms with van der Waals surface area (Å²) in [4.78, 5) is 16.7. The number of aryl methyl sites for hydroxylation is 1. The summed E-state index contributed by atoms with van der Waals surface area (Å²) in [6.45, 7) is 5.61. The molecule has 11 heteroatoms. The Balaban J connectivity index is 1.54. The lowest BCUT2D eigenvalue weighted by Crippen LogP contribution is -2.47. The van der Waals surface area contributed by atoms with Gasteiger partial charge in [-0.1, -0.05) is 0 Å². The van der Waals surface area contributed by atoms with E-state index in [2.05, 4.69) is 35.9 Å². The summed E-state index contributed by atoms with van der Waals surface area (Å²) in [6, 6.07) is 12.9. The van der Waals surface area contributed by atoms with Crippen LogP contribution >= 0.6 is 12.2 Å². The zero-order valence-corrected chi connectivity index (χ0v) is 20.3. The number of aromatic nitrogens is 4. The minimum absolute atomic E-state index is 0.0508. The predicted molar refractivity (Wildman–Crippen MR) is 141 cm³/mol. The average Bonchev–Trinajstić information content (AvgIpc) is 2.81. The largest absolute Gasteiger partial charge is 0.439 e. The van der Waals surface area contributed by atoms with E-state index in [1.54, 1.807) is 6.07 Å². The summed E-state index contributed by atoms with van der Waals surface area (Å²) in [6.07, 6.45) is 2.87. The van der Waals surface area contributed by atoms with Gasteiger partial charge in [-0.2, -0.15) is 0 Å². The van der Waals surface area contributed by atoms with Gasteiger partial charge in [-0.3, -0.25) is 0 Å². The zero-order valence-electron chi connectivity index (χ0n) is 19.5. The van der Waals surface area contributed by atoms with Crippen LogP contribution in [0.1, 0.15) is 19.4 Å². The first-order valence-electron chi connectivity index (χ1n) is 10.8. The third-order valence-electron chi connectivity index (χ3n) is 5.06. The minimum atomic E-state index is -0.537. The molecule has 0 radical (unpaired) electrons. The predicted octanol–water partition coefficient (Wildman–Crippen LogP) is 3.90. The first-order chi connectivity index (χ1) is 16.7. The molecule has 2 heterocycles. The van der Waals surface area contributed by atoms with Gasteiger partial charge in [0.15, 0.2) is 5.11 Å². The molecule has 2 aromatic carbocycles. The van der Waals surface area contributed by atoms with Gasteiger partial charge in [-0.05, 0) is 75.0 Å². The van der Waals surface area contributed by atoms with Crippen LogP contribution in [0.3, 0.4) is 0 Å². The van der Waals surface area contributed by atoms with Crippen molar-refractivity contribution in [2.45, 2.75) is 26.3 Å². The molecule has 4 aromatic rings. The van der Waals surface area contributed by atoms with Crippen molar-refractivity contribution in [3.05, 3.63) is 60.7 Å². The van der Waals surface area contributed by atoms with Crippen molar-refractivity contribution in [2.24, 2.45) is 0 Å². The first kappa shape index (κ1) is 24.0. The number of nitrogens with zero attached hydrogens (tertiary/aromatic N) is 4. The summed E-state index contributed by atoms with van der Waals surface area (Å²) in [5.41, 5.74) is 8.44. The Morgan fingerprint density at radius 2 is 1.80 bits per heavy atom. The molecule has 0 aliphatic heterocycles. The SMILES string of the molecule is Cc1cc(Nc2ncnc3ccc(NC(=S)NC(C)(C)CO)cc23)ccc1Oc1cc(N)ncn1. The van der Waals surface area contributed by atoms with Crippen LogP contribution < -0.4 is 26.4 Å². The zero-order chi connectivity index (χ0) is 25.0. The maximum Gasteiger partial charge on any atom is 0.224 e. The highest BCUT2D eigenvalue weighted by Gasteiger charge is 2.17. The molecule has 180 valence electrons. The number of hydrogen-bond donors (Lipinski definition) is 5. The van der Waals surface area contributed by atoms with E-state index in [-0.39, 0.29) is 6.61 Å². The van der Waals surface area contributed by atoms with E-state index in [4.69, 9.17) is 22.7 Å². The minimum Gasteiger partial charge on any atom is -0.439 e. The molecule has 2 aromatic heterocycles. The normalized spacial score (nSPS) is 11.2. The van der Waals surface area contributed by atoms with Crippen molar-refractivity contribution in [3.8, 4) is 11.6 Å². The van der Waals surface area contributed by atoms with Crippen LogP contribution in [0.25, 0.3) is 10.9 Å². The molecular formula is C24H26N8O2S. The van der Waals surface area contributed by atoms with Gasteiger partial charge in [0.1, 0.15) is 30.0 Å². The number of aliphatic hydroxyl groups excluding tert-OH is 1. The van der Waals surface area contributed by atoms with Gasteiger partial charge in [0.05, 0.1) is 17.7 Å². The van der Waals surface area contributed by atoms with Gasteiger partial charge >= 0.3 is 0 Å². The highest BCUT2D eigenvalue weighted by atomic mass is 32.1. The number of benzene rings is 2. The number of hydrogen-bond acceptors (Lipinski definition) is 9. The molecule has 0 spiro atoms. The molecule has 35 heavy (non-hydrogen) atoms. The number of nitrogen functional groups attached to an aromatic ring is 1. The maximum absolute atomic E-state index is 9.46. The molecule has 10 nitrogen and oxygen atoms in total. The van der Waals surface area contributed by atoms with E-state index in [1.165, 1.54) is 12.7 Å². The molecule has 0 atom stereocenters. The van der Waals surface area contributed by atoms with E-state index in [0.717, 1.165) is 27.8 Å². The van der Waals surface area contributed by atoms with Crippen molar-refractivity contribution >= 4 is 51.2 Å². The van der Waals surface area contributed by atoms with E-state index >= 15 is 0 Å². The van der Waals surface area contributed by atoms with Crippen molar-refractivity contribution in [3.63, 3.8) is 0 Å². The van der Waals surface area contributed by atoms with Crippen molar-refractivity contribution in [1.29, 1.82) is 0 Å². The summed E-state index contributed by atoms with van der Waals surface area (Å²) < 4.78 is 5.83. The molecule has 0 saturated heterocycles. The summed E-state index contributed by atoms with van der Waals surface area (Å²) in [7, 11) is 0. The van der Waals surface area contributed by atoms with Crippen LogP contribution in [0, 0.1) is 6.92 Å². The van der Waals surface area contributed by atoms with Crippen LogP contribution in [0.15, 0.2) is 55.1 Å². The van der Waals surface area contributed by atoms with Crippen LogP contribution in [-0.4, -0.2) is 42.3 Å². The van der Waals surface area contributed by atoms with E-state index < -0.39 is 5.54 Å². The Morgan fingerprint density at radius 1 is 1.03 bits per heavy atom. The van der Waals surface area contributed by atoms with Crippen LogP contribution in [0.2, 0.25) is 0 Å². The molecule has 0 fully saturated rings. The van der Waals surface area contributed by atoms with Gasteiger partial charge in [0, 0.05) is 22.8 Å². The number of fused-ring (bicyclic) bond motifs is 1. The molecular weight excluding hydrogens is 464 g/mol. The third kappa shape index (κ3) is 6.08. The maximum atomic E-state index is 9.46. The lowest BCUT2D eigenvalue weighted by molar-refractivity contribution is 0.207. The second-order valence-electron chi connectivity index (χ2n) is 8.56. The quantitative estimate of drug-likeness (QED) is 0.241. The van der Waals surface area contributed by atoms with Gasteiger partial charge in [0.2, 0.25) is 5.88 Å². The number of thiocarbonyl (C=S) groups is 1. The lowest BCUT2D eigenvalue weighted by atomic mass is 10.1. The summed E-state index contributed by atoms with van der Waals surface area (Å²) in [5, 5.41) is 20.3. The first-order valence-corrected chi connectivity index (χ1v) is 11.2. The molecule has 4 rings (SSSR count). The number of anilines is 4. The third-order valence-corrected chi connectivity index (χ3v) is 5.26. The summed E-state index contributed by atoms with van der Waals surface area (Å²) >= 11 is 5.38. The van der Waals surface area contributed by atoms with E-state index in [1.807, 2.05) is 57.2 Å². The standard InChI is InChI=1S/C24H26N8O2S/c1-14-8-15(5-7-19(14)34-21-10-20(25)27-13-28-21)30-22-17-9-16(4-6-18(17)26-12-29-22)31-23(35)32-24(2,3)11-33/h4-10,12-13,33H,11H2,1-3H3,(H2,25,27,28)(H,26,29,30)(H2,31,32,35). The molecule has 0 saturated carbocycles. The van der Waals surface area contributed by atoms with E-state index in [0.29, 0.717) is 28.4 Å². The number of rotatable bonds is 7. The molecule has 0 unspecified atom stereocenters. The van der Waals surface area contributed by atoms with Gasteiger partial charge in [-0.25, -0.2) is 19.9 Å². The fraction of sp³-hybridized carbons (Fsp3) is 0.208. The smallest absolute Gasteiger partial charge is 0.224 e. The van der Waals surface area contributed by atoms with Gasteiger partial charge < -0.3 is 31.5 Å². The summed E-state index contributed by atoms with van der Waals surface area (Å²) in [5.74, 6) is 2.01. The van der Waals surface area contributed by atoms with Crippen LogP contribution in [0.4, 0.5) is 23.0 Å². The molecule has 6 N–H and O–H groups in total. The average molecular weight is 491 g/mol. The topological polar surface area (TPSA) is 143 Å². The fourth-order valence-corrected chi connectivity index (χ4v) is 3.64. The van der Waals surface area contributed by atoms with Gasteiger partial charge in [-0.15, -0.1) is 0 Å². The van der Waals surface area contributed by atoms with E-state index in [9.17, 15) is 5.11 Å². The number of aliphatic hydroxyl groups is 1. The van der Waals surface area contributed by atoms with Crippen molar-refractivity contribution in [1.82, 2.24) is 25.3 Å². The van der Waals surface area contributed by atoms with Crippen LogP contribution in [-0.2, 0) is 0 Å². The lowest BCUT2D eigenvalue weighted by Gasteiger charge is -2.25. The number of nitrogens with two attached hydrogens (primary N) is 1. The Bertz CT molecular complexity index is 1380. The Hall–Kier alpha value is -4.09.